The van der Waals surface area contributed by atoms with E-state index in [1.807, 2.05) is 18.2 Å². The van der Waals surface area contributed by atoms with Crippen LogP contribution in [0.3, 0.4) is 0 Å². The van der Waals surface area contributed by atoms with Gasteiger partial charge in [0.1, 0.15) is 5.82 Å². The van der Waals surface area contributed by atoms with E-state index in [1.54, 1.807) is 6.07 Å². The van der Waals surface area contributed by atoms with E-state index >= 15 is 0 Å². The zero-order valence-electron chi connectivity index (χ0n) is 17.2. The number of fused-ring (bicyclic) bond motifs is 2. The Kier molecular flexibility index (Phi) is 5.00. The number of benzene rings is 2. The minimum absolute atomic E-state index is 0.0165. The molecule has 9 heteroatoms. The molecule has 3 aromatic rings. The van der Waals surface area contributed by atoms with Crippen LogP contribution in [0.15, 0.2) is 64.5 Å². The van der Waals surface area contributed by atoms with Gasteiger partial charge < -0.3 is 14.9 Å². The van der Waals surface area contributed by atoms with Crippen LogP contribution in [0.25, 0.3) is 10.9 Å². The van der Waals surface area contributed by atoms with Crippen molar-refractivity contribution in [1.82, 2.24) is 9.88 Å². The number of aromatic nitrogens is 1. The second-order valence-corrected chi connectivity index (χ2v) is 10.4. The Labute approximate surface area is 185 Å². The average Bonchev–Trinajstić information content (AvgIpc) is 3.21. The van der Waals surface area contributed by atoms with Gasteiger partial charge >= 0.3 is 6.09 Å². The van der Waals surface area contributed by atoms with Crippen LogP contribution in [-0.4, -0.2) is 55.7 Å². The Morgan fingerprint density at radius 1 is 1.03 bits per heavy atom. The standard InChI is InChI=1S/C23H22FN3O4S/c24-18-4-6-19(7-5-18)32(30,31)20-10-15-2-1-3-21(22(15)25-11-20)27-12-16-8-9-26(23(28)29)13-17(16)14-27/h1-7,10-11,16-17H,8-9,12-14H2,(H,28,29). The fraction of sp³-hybridized carbons (Fsp3) is 0.304. The number of carbonyl (C=O) groups is 1. The molecule has 0 saturated carbocycles. The van der Waals surface area contributed by atoms with Crippen molar-refractivity contribution in [1.29, 1.82) is 0 Å². The van der Waals surface area contributed by atoms with E-state index in [0.29, 0.717) is 29.9 Å². The van der Waals surface area contributed by atoms with E-state index < -0.39 is 21.7 Å². The second kappa shape index (κ2) is 7.74. The lowest BCUT2D eigenvalue weighted by molar-refractivity contribution is 0.110. The van der Waals surface area contributed by atoms with Crippen molar-refractivity contribution in [3.05, 3.63) is 60.5 Å². The van der Waals surface area contributed by atoms with Crippen LogP contribution in [0, 0.1) is 17.7 Å². The number of rotatable bonds is 3. The average molecular weight is 456 g/mol. The predicted molar refractivity (Wildman–Crippen MR) is 117 cm³/mol. The summed E-state index contributed by atoms with van der Waals surface area (Å²) in [6.07, 6.45) is 1.31. The minimum Gasteiger partial charge on any atom is -0.465 e. The van der Waals surface area contributed by atoms with Crippen molar-refractivity contribution in [2.24, 2.45) is 11.8 Å². The number of anilines is 1. The number of sulfone groups is 1. The fourth-order valence-electron chi connectivity index (χ4n) is 4.82. The molecule has 32 heavy (non-hydrogen) atoms. The molecule has 1 N–H and O–H groups in total. The number of carboxylic acid groups (broad SMARTS) is 1. The van der Waals surface area contributed by atoms with Gasteiger partial charge in [-0.25, -0.2) is 17.6 Å². The molecule has 166 valence electrons. The van der Waals surface area contributed by atoms with Crippen LogP contribution in [0.4, 0.5) is 14.9 Å². The van der Waals surface area contributed by atoms with Crippen LogP contribution in [0.2, 0.25) is 0 Å². The summed E-state index contributed by atoms with van der Waals surface area (Å²) in [7, 11) is -3.81. The van der Waals surface area contributed by atoms with Crippen molar-refractivity contribution in [3.8, 4) is 0 Å². The minimum atomic E-state index is -3.81. The van der Waals surface area contributed by atoms with Gasteiger partial charge in [0.05, 0.1) is 21.0 Å². The van der Waals surface area contributed by atoms with Crippen LogP contribution in [0.1, 0.15) is 6.42 Å². The molecule has 0 spiro atoms. The first-order chi connectivity index (χ1) is 15.3. The van der Waals surface area contributed by atoms with E-state index in [1.165, 1.54) is 23.2 Å². The number of likely N-dealkylation sites (tertiary alicyclic amines) is 1. The van der Waals surface area contributed by atoms with Crippen molar-refractivity contribution in [2.75, 3.05) is 31.1 Å². The number of nitrogens with zero attached hydrogens (tertiary/aromatic N) is 3. The topological polar surface area (TPSA) is 90.8 Å². The molecular weight excluding hydrogens is 433 g/mol. The zero-order valence-corrected chi connectivity index (χ0v) is 18.0. The van der Waals surface area contributed by atoms with Crippen molar-refractivity contribution >= 4 is 32.5 Å². The highest BCUT2D eigenvalue weighted by Gasteiger charge is 2.38. The van der Waals surface area contributed by atoms with Gasteiger partial charge in [0.2, 0.25) is 9.84 Å². The third-order valence-electron chi connectivity index (χ3n) is 6.51. The molecule has 0 radical (unpaired) electrons. The lowest BCUT2D eigenvalue weighted by atomic mass is 9.89. The fourth-order valence-corrected chi connectivity index (χ4v) is 6.06. The van der Waals surface area contributed by atoms with Crippen LogP contribution in [0.5, 0.6) is 0 Å². The monoisotopic (exact) mass is 455 g/mol. The van der Waals surface area contributed by atoms with Gasteiger partial charge in [-0.2, -0.15) is 0 Å². The van der Waals surface area contributed by atoms with Crippen LogP contribution < -0.4 is 4.90 Å². The first kappa shape index (κ1) is 20.7. The van der Waals surface area contributed by atoms with Gasteiger partial charge in [0.25, 0.3) is 0 Å². The van der Waals surface area contributed by atoms with Gasteiger partial charge in [-0.05, 0) is 54.7 Å². The van der Waals surface area contributed by atoms with Crippen molar-refractivity contribution in [3.63, 3.8) is 0 Å². The quantitative estimate of drug-likeness (QED) is 0.607. The predicted octanol–water partition coefficient (Wildman–Crippen LogP) is 3.64. The van der Waals surface area contributed by atoms with Gasteiger partial charge in [-0.15, -0.1) is 0 Å². The summed E-state index contributed by atoms with van der Waals surface area (Å²) in [5.41, 5.74) is 1.63. The summed E-state index contributed by atoms with van der Waals surface area (Å²) in [5, 5.41) is 10.0. The van der Waals surface area contributed by atoms with Crippen molar-refractivity contribution < 1.29 is 22.7 Å². The molecule has 2 aliphatic heterocycles. The van der Waals surface area contributed by atoms with E-state index in [9.17, 15) is 22.7 Å². The largest absolute Gasteiger partial charge is 0.465 e. The maximum absolute atomic E-state index is 13.2. The molecule has 2 aromatic carbocycles. The summed E-state index contributed by atoms with van der Waals surface area (Å²) in [4.78, 5) is 19.6. The molecule has 3 heterocycles. The van der Waals surface area contributed by atoms with Crippen LogP contribution >= 0.6 is 0 Å². The summed E-state index contributed by atoms with van der Waals surface area (Å²) in [6.45, 7) is 2.66. The maximum Gasteiger partial charge on any atom is 0.407 e. The summed E-state index contributed by atoms with van der Waals surface area (Å²) in [5.74, 6) is 0.204. The van der Waals surface area contributed by atoms with Gasteiger partial charge in [-0.3, -0.25) is 4.98 Å². The molecular formula is C23H22FN3O4S. The summed E-state index contributed by atoms with van der Waals surface area (Å²) in [6, 6.07) is 12.0. The molecule has 2 fully saturated rings. The summed E-state index contributed by atoms with van der Waals surface area (Å²) < 4.78 is 39.1. The number of amides is 1. The molecule has 0 bridgehead atoms. The Morgan fingerprint density at radius 3 is 2.53 bits per heavy atom. The number of hydrogen-bond donors (Lipinski definition) is 1. The van der Waals surface area contributed by atoms with E-state index in [4.69, 9.17) is 0 Å². The number of halogens is 1. The Hall–Kier alpha value is -3.20. The molecule has 2 unspecified atom stereocenters. The molecule has 0 aliphatic carbocycles. The Bertz CT molecular complexity index is 1300. The van der Waals surface area contributed by atoms with E-state index in [-0.39, 0.29) is 15.7 Å². The van der Waals surface area contributed by atoms with E-state index in [2.05, 4.69) is 9.88 Å². The summed E-state index contributed by atoms with van der Waals surface area (Å²) >= 11 is 0. The Morgan fingerprint density at radius 2 is 1.78 bits per heavy atom. The molecule has 2 aliphatic rings. The third-order valence-corrected chi connectivity index (χ3v) is 8.25. The molecule has 2 atom stereocenters. The molecule has 1 amide bonds. The normalized spacial score (nSPS) is 21.0. The highest BCUT2D eigenvalue weighted by Crippen LogP contribution is 2.37. The van der Waals surface area contributed by atoms with Gasteiger partial charge in [-0.1, -0.05) is 12.1 Å². The maximum atomic E-state index is 13.2. The highest BCUT2D eigenvalue weighted by molar-refractivity contribution is 7.91. The molecule has 2 saturated heterocycles. The smallest absolute Gasteiger partial charge is 0.407 e. The first-order valence-corrected chi connectivity index (χ1v) is 11.9. The lowest BCUT2D eigenvalue weighted by Gasteiger charge is -2.32. The number of piperidine rings is 1. The first-order valence-electron chi connectivity index (χ1n) is 10.4. The lowest BCUT2D eigenvalue weighted by Crippen LogP contribution is -2.42. The van der Waals surface area contributed by atoms with E-state index in [0.717, 1.165) is 37.3 Å². The third kappa shape index (κ3) is 3.56. The zero-order chi connectivity index (χ0) is 22.5. The number of hydrogen-bond acceptors (Lipinski definition) is 5. The molecule has 5 rings (SSSR count). The Balaban J connectivity index is 1.45. The SMILES string of the molecule is O=C(O)N1CCC2CN(c3cccc4cc(S(=O)(=O)c5ccc(F)cc5)cnc34)CC2C1. The second-order valence-electron chi connectivity index (χ2n) is 8.42. The van der Waals surface area contributed by atoms with Crippen LogP contribution in [-0.2, 0) is 9.84 Å². The number of pyridine rings is 1. The molecule has 1 aromatic heterocycles. The molecule has 7 nitrogen and oxygen atoms in total. The van der Waals surface area contributed by atoms with Gasteiger partial charge in [0, 0.05) is 37.8 Å². The highest BCUT2D eigenvalue weighted by atomic mass is 32.2. The van der Waals surface area contributed by atoms with Gasteiger partial charge in [0.15, 0.2) is 0 Å². The number of para-hydroxylation sites is 1. The van der Waals surface area contributed by atoms with Crippen molar-refractivity contribution in [2.45, 2.75) is 16.2 Å².